The normalized spacial score (nSPS) is 25.3. The standard InChI is InChI=1S/C20H21FN2O/c1-13-7-8-18-15(11-13)16-12-22(2)10-9-19(16)23(18)20(24)14-5-3-4-6-17(14)21/h3-8,11,16,19H,9-10,12H2,1-2H3/p+1/t16-,19+/m1/s1. The number of halogens is 1. The molecule has 0 aliphatic carbocycles. The lowest BCUT2D eigenvalue weighted by Gasteiger charge is -2.34. The van der Waals surface area contributed by atoms with Gasteiger partial charge in [0.15, 0.2) is 0 Å². The van der Waals surface area contributed by atoms with E-state index in [0.717, 1.165) is 25.2 Å². The molecule has 1 saturated heterocycles. The first-order valence-electron chi connectivity index (χ1n) is 8.56. The van der Waals surface area contributed by atoms with Crippen molar-refractivity contribution in [2.75, 3.05) is 25.0 Å². The first kappa shape index (κ1) is 15.3. The second kappa shape index (κ2) is 5.71. The lowest BCUT2D eigenvalue weighted by atomic mass is 9.88. The number of anilines is 1. The highest BCUT2D eigenvalue weighted by Crippen LogP contribution is 2.43. The maximum Gasteiger partial charge on any atom is 0.261 e. The van der Waals surface area contributed by atoms with E-state index in [4.69, 9.17) is 0 Å². The Morgan fingerprint density at radius 3 is 2.83 bits per heavy atom. The van der Waals surface area contributed by atoms with E-state index in [1.807, 2.05) is 17.0 Å². The molecule has 2 aromatic rings. The van der Waals surface area contributed by atoms with Crippen LogP contribution >= 0.6 is 0 Å². The number of amides is 1. The Morgan fingerprint density at radius 1 is 1.25 bits per heavy atom. The molecule has 0 aromatic heterocycles. The van der Waals surface area contributed by atoms with Crippen LogP contribution in [0.25, 0.3) is 0 Å². The van der Waals surface area contributed by atoms with Crippen LogP contribution in [0.2, 0.25) is 0 Å². The lowest BCUT2D eigenvalue weighted by Crippen LogP contribution is -3.11. The zero-order valence-corrected chi connectivity index (χ0v) is 14.1. The van der Waals surface area contributed by atoms with Crippen molar-refractivity contribution in [1.82, 2.24) is 0 Å². The Labute approximate surface area is 141 Å². The first-order valence-corrected chi connectivity index (χ1v) is 8.56. The third-order valence-corrected chi connectivity index (χ3v) is 5.40. The lowest BCUT2D eigenvalue weighted by molar-refractivity contribution is -0.886. The summed E-state index contributed by atoms with van der Waals surface area (Å²) >= 11 is 0. The van der Waals surface area contributed by atoms with Gasteiger partial charge in [0.1, 0.15) is 5.82 Å². The number of aryl methyl sites for hydroxylation is 1. The first-order chi connectivity index (χ1) is 11.6. The Balaban J connectivity index is 1.81. The van der Waals surface area contributed by atoms with Crippen LogP contribution in [-0.2, 0) is 0 Å². The summed E-state index contributed by atoms with van der Waals surface area (Å²) in [5, 5.41) is 0. The molecule has 0 saturated carbocycles. The van der Waals surface area contributed by atoms with Gasteiger partial charge in [0.05, 0.1) is 37.7 Å². The third-order valence-electron chi connectivity index (χ3n) is 5.40. The van der Waals surface area contributed by atoms with Crippen LogP contribution in [-0.4, -0.2) is 32.1 Å². The van der Waals surface area contributed by atoms with Gasteiger partial charge in [-0.2, -0.15) is 0 Å². The molecule has 4 heteroatoms. The van der Waals surface area contributed by atoms with Crippen LogP contribution in [0.15, 0.2) is 42.5 Å². The van der Waals surface area contributed by atoms with E-state index in [1.54, 1.807) is 18.2 Å². The van der Waals surface area contributed by atoms with Crippen molar-refractivity contribution in [1.29, 1.82) is 0 Å². The maximum absolute atomic E-state index is 14.2. The SMILES string of the molecule is Cc1ccc2c(c1)[C@H]1C[NH+](C)CC[C@@H]1N2C(=O)c1ccccc1F. The number of fused-ring (bicyclic) bond motifs is 3. The molecule has 1 amide bonds. The van der Waals surface area contributed by atoms with E-state index < -0.39 is 5.82 Å². The van der Waals surface area contributed by atoms with Gasteiger partial charge in [0.25, 0.3) is 5.91 Å². The highest BCUT2D eigenvalue weighted by molar-refractivity contribution is 6.08. The minimum atomic E-state index is -0.446. The summed E-state index contributed by atoms with van der Waals surface area (Å²) in [6.45, 7) is 4.13. The van der Waals surface area contributed by atoms with Crippen molar-refractivity contribution in [3.05, 3.63) is 65.0 Å². The number of benzene rings is 2. The largest absolute Gasteiger partial charge is 0.337 e. The van der Waals surface area contributed by atoms with Crippen molar-refractivity contribution in [2.45, 2.75) is 25.3 Å². The van der Waals surface area contributed by atoms with Gasteiger partial charge in [-0.25, -0.2) is 4.39 Å². The number of rotatable bonds is 1. The Hall–Kier alpha value is -2.20. The predicted molar refractivity (Wildman–Crippen MR) is 92.2 cm³/mol. The number of hydrogen-bond donors (Lipinski definition) is 1. The summed E-state index contributed by atoms with van der Waals surface area (Å²) in [4.78, 5) is 16.5. The minimum Gasteiger partial charge on any atom is -0.337 e. The number of nitrogens with one attached hydrogen (secondary N) is 1. The van der Waals surface area contributed by atoms with Crippen LogP contribution in [0.4, 0.5) is 10.1 Å². The van der Waals surface area contributed by atoms with Crippen LogP contribution in [0.3, 0.4) is 0 Å². The van der Waals surface area contributed by atoms with Crippen molar-refractivity contribution in [2.24, 2.45) is 0 Å². The number of hydrogen-bond acceptors (Lipinski definition) is 1. The van der Waals surface area contributed by atoms with Crippen LogP contribution in [0.5, 0.6) is 0 Å². The van der Waals surface area contributed by atoms with Gasteiger partial charge in [-0.05, 0) is 30.7 Å². The van der Waals surface area contributed by atoms with E-state index in [2.05, 4.69) is 20.0 Å². The van der Waals surface area contributed by atoms with Gasteiger partial charge >= 0.3 is 0 Å². The molecule has 0 spiro atoms. The van der Waals surface area contributed by atoms with Gasteiger partial charge in [0.2, 0.25) is 0 Å². The van der Waals surface area contributed by atoms with Gasteiger partial charge < -0.3 is 9.80 Å². The van der Waals surface area contributed by atoms with Crippen molar-refractivity contribution in [3.63, 3.8) is 0 Å². The van der Waals surface area contributed by atoms with Crippen LogP contribution in [0.1, 0.15) is 33.8 Å². The molecule has 1 N–H and O–H groups in total. The zero-order valence-electron chi connectivity index (χ0n) is 14.1. The van der Waals surface area contributed by atoms with E-state index in [1.165, 1.54) is 22.1 Å². The summed E-state index contributed by atoms with van der Waals surface area (Å²) in [5.41, 5.74) is 3.56. The molecule has 1 unspecified atom stereocenters. The topological polar surface area (TPSA) is 24.8 Å². The summed E-state index contributed by atoms with van der Waals surface area (Å²) in [6, 6.07) is 12.7. The smallest absolute Gasteiger partial charge is 0.261 e. The summed E-state index contributed by atoms with van der Waals surface area (Å²) < 4.78 is 14.2. The molecule has 3 atom stereocenters. The number of carbonyl (C=O) groups excluding carboxylic acids is 1. The summed E-state index contributed by atoms with van der Waals surface area (Å²) in [5.74, 6) is -0.326. The fourth-order valence-corrected chi connectivity index (χ4v) is 4.23. The molecule has 2 aromatic carbocycles. The van der Waals surface area contributed by atoms with Crippen molar-refractivity contribution in [3.8, 4) is 0 Å². The predicted octanol–water partition coefficient (Wildman–Crippen LogP) is 2.17. The summed E-state index contributed by atoms with van der Waals surface area (Å²) in [6.07, 6.45) is 0.949. The monoisotopic (exact) mass is 325 g/mol. The number of carbonyl (C=O) groups is 1. The second-order valence-corrected chi connectivity index (χ2v) is 7.09. The van der Waals surface area contributed by atoms with Crippen LogP contribution < -0.4 is 9.80 Å². The fraction of sp³-hybridized carbons (Fsp3) is 0.350. The third kappa shape index (κ3) is 2.33. The molecule has 3 nitrogen and oxygen atoms in total. The molecule has 124 valence electrons. The second-order valence-electron chi connectivity index (χ2n) is 7.09. The highest BCUT2D eigenvalue weighted by Gasteiger charge is 2.46. The molecular weight excluding hydrogens is 303 g/mol. The number of nitrogens with zero attached hydrogens (tertiary/aromatic N) is 1. The molecule has 0 radical (unpaired) electrons. The van der Waals surface area contributed by atoms with Gasteiger partial charge in [-0.15, -0.1) is 0 Å². The molecule has 24 heavy (non-hydrogen) atoms. The van der Waals surface area contributed by atoms with E-state index in [-0.39, 0.29) is 17.5 Å². The van der Waals surface area contributed by atoms with E-state index in [0.29, 0.717) is 5.92 Å². The van der Waals surface area contributed by atoms with Crippen LogP contribution in [0, 0.1) is 12.7 Å². The fourth-order valence-electron chi connectivity index (χ4n) is 4.23. The van der Waals surface area contributed by atoms with E-state index in [9.17, 15) is 9.18 Å². The Bertz CT molecular complexity index is 804. The average Bonchev–Trinajstić information content (AvgIpc) is 2.88. The Morgan fingerprint density at radius 2 is 2.04 bits per heavy atom. The number of quaternary nitrogens is 1. The molecule has 2 aliphatic rings. The Kier molecular flexibility index (Phi) is 3.65. The van der Waals surface area contributed by atoms with Crippen molar-refractivity contribution < 1.29 is 14.1 Å². The van der Waals surface area contributed by atoms with E-state index >= 15 is 0 Å². The van der Waals surface area contributed by atoms with Gasteiger partial charge in [-0.3, -0.25) is 4.79 Å². The van der Waals surface area contributed by atoms with Gasteiger partial charge in [-0.1, -0.05) is 29.8 Å². The molecule has 2 heterocycles. The number of likely N-dealkylation sites (N-methyl/N-ethyl adjacent to an activating group) is 1. The highest BCUT2D eigenvalue weighted by atomic mass is 19.1. The van der Waals surface area contributed by atoms with Crippen molar-refractivity contribution >= 4 is 11.6 Å². The molecular formula is C20H22FN2O+. The number of likely N-dealkylation sites (tertiary alicyclic amines) is 1. The van der Waals surface area contributed by atoms with Gasteiger partial charge in [0, 0.05) is 12.1 Å². The quantitative estimate of drug-likeness (QED) is 0.854. The molecule has 1 fully saturated rings. The number of piperidine rings is 1. The zero-order chi connectivity index (χ0) is 16.8. The molecule has 2 aliphatic heterocycles. The molecule has 0 bridgehead atoms. The minimum absolute atomic E-state index is 0.137. The average molecular weight is 325 g/mol. The maximum atomic E-state index is 14.2. The summed E-state index contributed by atoms with van der Waals surface area (Å²) in [7, 11) is 2.20. The molecule has 4 rings (SSSR count).